The van der Waals surface area contributed by atoms with Crippen LogP contribution in [-0.4, -0.2) is 19.1 Å². The topological polar surface area (TPSA) is 56.8 Å². The number of nitrogens with one attached hydrogen (secondary N) is 1. The number of anilines is 1. The van der Waals surface area contributed by atoms with Gasteiger partial charge in [-0.2, -0.15) is 0 Å². The summed E-state index contributed by atoms with van der Waals surface area (Å²) in [6.07, 6.45) is 0.776. The van der Waals surface area contributed by atoms with Gasteiger partial charge in [0.2, 0.25) is 0 Å². The lowest BCUT2D eigenvalue weighted by Gasteiger charge is -2.13. The van der Waals surface area contributed by atoms with E-state index in [0.717, 1.165) is 12.0 Å². The molecule has 30 heavy (non-hydrogen) atoms. The summed E-state index contributed by atoms with van der Waals surface area (Å²) in [4.78, 5) is 12.7. The number of ether oxygens (including phenoxy) is 3. The molecule has 0 fully saturated rings. The Bertz CT molecular complexity index is 1060. The zero-order chi connectivity index (χ0) is 20.9. The summed E-state index contributed by atoms with van der Waals surface area (Å²) in [6.45, 7) is 1.36. The lowest BCUT2D eigenvalue weighted by molar-refractivity contribution is 0.102. The van der Waals surface area contributed by atoms with E-state index in [1.807, 2.05) is 0 Å². The summed E-state index contributed by atoms with van der Waals surface area (Å²) in [6, 6.07) is 16.1. The molecule has 0 aromatic heterocycles. The molecular formula is C23H19ClFNO4. The van der Waals surface area contributed by atoms with E-state index < -0.39 is 0 Å². The van der Waals surface area contributed by atoms with Crippen LogP contribution in [0.2, 0.25) is 5.02 Å². The second-order valence-electron chi connectivity index (χ2n) is 6.73. The minimum Gasteiger partial charge on any atom is -0.490 e. The van der Waals surface area contributed by atoms with Crippen molar-refractivity contribution >= 4 is 23.2 Å². The Balaban J connectivity index is 1.45. The Morgan fingerprint density at radius 3 is 2.53 bits per heavy atom. The van der Waals surface area contributed by atoms with Crippen LogP contribution in [0.1, 0.15) is 22.3 Å². The molecule has 1 aliphatic rings. The standard InChI is InChI=1S/C23H19ClFNO4/c24-19-12-21-22(29-10-2-9-28-21)13-20(19)26-23(27)16-3-1-4-18(11-16)30-14-15-5-7-17(25)8-6-15/h1,3-8,11-13H,2,9-10,14H2,(H,26,27). The zero-order valence-electron chi connectivity index (χ0n) is 16.0. The fraction of sp³-hybridized carbons (Fsp3) is 0.174. The first-order chi connectivity index (χ1) is 14.6. The molecule has 0 aliphatic carbocycles. The normalized spacial score (nSPS) is 12.7. The van der Waals surface area contributed by atoms with Gasteiger partial charge in [-0.1, -0.05) is 29.8 Å². The number of halogens is 2. The van der Waals surface area contributed by atoms with Crippen LogP contribution in [-0.2, 0) is 6.61 Å². The van der Waals surface area contributed by atoms with Gasteiger partial charge in [0.05, 0.1) is 23.9 Å². The van der Waals surface area contributed by atoms with Crippen LogP contribution >= 0.6 is 11.6 Å². The predicted molar refractivity (Wildman–Crippen MR) is 112 cm³/mol. The highest BCUT2D eigenvalue weighted by Gasteiger charge is 2.16. The van der Waals surface area contributed by atoms with Crippen molar-refractivity contribution in [3.8, 4) is 17.2 Å². The molecule has 0 unspecified atom stereocenters. The molecule has 0 radical (unpaired) electrons. The Kier molecular flexibility index (Phi) is 6.05. The van der Waals surface area contributed by atoms with Crippen molar-refractivity contribution < 1.29 is 23.4 Å². The van der Waals surface area contributed by atoms with Crippen molar-refractivity contribution in [3.63, 3.8) is 0 Å². The van der Waals surface area contributed by atoms with Crippen molar-refractivity contribution in [2.24, 2.45) is 0 Å². The molecule has 1 heterocycles. The minimum atomic E-state index is -0.335. The van der Waals surface area contributed by atoms with Gasteiger partial charge in [0, 0.05) is 24.1 Å². The van der Waals surface area contributed by atoms with Crippen molar-refractivity contribution in [2.45, 2.75) is 13.0 Å². The van der Waals surface area contributed by atoms with Crippen LogP contribution in [0.25, 0.3) is 0 Å². The highest BCUT2D eigenvalue weighted by atomic mass is 35.5. The van der Waals surface area contributed by atoms with Gasteiger partial charge in [0.15, 0.2) is 11.5 Å². The largest absolute Gasteiger partial charge is 0.490 e. The Hall–Kier alpha value is -3.25. The molecule has 0 spiro atoms. The van der Waals surface area contributed by atoms with Crippen LogP contribution in [0.15, 0.2) is 60.7 Å². The van der Waals surface area contributed by atoms with E-state index in [-0.39, 0.29) is 18.3 Å². The van der Waals surface area contributed by atoms with E-state index in [4.69, 9.17) is 25.8 Å². The molecule has 1 aliphatic heterocycles. The number of carbonyl (C=O) groups excluding carboxylic acids is 1. The highest BCUT2D eigenvalue weighted by molar-refractivity contribution is 6.34. The fourth-order valence-corrected chi connectivity index (χ4v) is 3.15. The van der Waals surface area contributed by atoms with Crippen LogP contribution in [0, 0.1) is 5.82 Å². The van der Waals surface area contributed by atoms with Gasteiger partial charge in [0.1, 0.15) is 18.2 Å². The summed E-state index contributed by atoms with van der Waals surface area (Å²) >= 11 is 6.30. The maximum absolute atomic E-state index is 13.0. The molecule has 154 valence electrons. The lowest BCUT2D eigenvalue weighted by Crippen LogP contribution is -2.12. The summed E-state index contributed by atoms with van der Waals surface area (Å²) in [5.41, 5.74) is 1.67. The second-order valence-corrected chi connectivity index (χ2v) is 7.13. The van der Waals surface area contributed by atoms with Gasteiger partial charge in [-0.25, -0.2) is 4.39 Å². The van der Waals surface area contributed by atoms with Gasteiger partial charge < -0.3 is 19.5 Å². The minimum absolute atomic E-state index is 0.263. The van der Waals surface area contributed by atoms with Crippen LogP contribution in [0.3, 0.4) is 0 Å². The van der Waals surface area contributed by atoms with Crippen molar-refractivity contribution in [3.05, 3.63) is 82.6 Å². The van der Waals surface area contributed by atoms with Crippen molar-refractivity contribution in [1.29, 1.82) is 0 Å². The van der Waals surface area contributed by atoms with Gasteiger partial charge in [-0.15, -0.1) is 0 Å². The summed E-state index contributed by atoms with van der Waals surface area (Å²) in [5.74, 6) is 0.997. The average Bonchev–Trinajstić information content (AvgIpc) is 2.98. The maximum Gasteiger partial charge on any atom is 0.255 e. The molecule has 1 amide bonds. The number of amides is 1. The Labute approximate surface area is 178 Å². The van der Waals surface area contributed by atoms with E-state index >= 15 is 0 Å². The van der Waals surface area contributed by atoms with Gasteiger partial charge >= 0.3 is 0 Å². The fourth-order valence-electron chi connectivity index (χ4n) is 2.95. The molecule has 3 aromatic rings. The van der Waals surface area contributed by atoms with Crippen molar-refractivity contribution in [1.82, 2.24) is 0 Å². The van der Waals surface area contributed by atoms with E-state index in [2.05, 4.69) is 5.32 Å². The number of hydrogen-bond acceptors (Lipinski definition) is 4. The Morgan fingerprint density at radius 2 is 1.77 bits per heavy atom. The third kappa shape index (κ3) is 4.83. The SMILES string of the molecule is O=C(Nc1cc2c(cc1Cl)OCCCO2)c1cccc(OCc2ccc(F)cc2)c1. The maximum atomic E-state index is 13.0. The Morgan fingerprint density at radius 1 is 1.03 bits per heavy atom. The summed E-state index contributed by atoms with van der Waals surface area (Å²) in [7, 11) is 0. The number of fused-ring (bicyclic) bond motifs is 1. The van der Waals surface area contributed by atoms with E-state index in [1.54, 1.807) is 48.5 Å². The third-order valence-electron chi connectivity index (χ3n) is 4.50. The molecule has 0 saturated heterocycles. The van der Waals surface area contributed by atoms with Crippen LogP contribution in [0.4, 0.5) is 10.1 Å². The lowest BCUT2D eigenvalue weighted by atomic mass is 10.2. The number of rotatable bonds is 5. The highest BCUT2D eigenvalue weighted by Crippen LogP contribution is 2.37. The summed E-state index contributed by atoms with van der Waals surface area (Å²) < 4.78 is 30.0. The molecular weight excluding hydrogens is 409 g/mol. The van der Waals surface area contributed by atoms with E-state index in [0.29, 0.717) is 46.7 Å². The number of hydrogen-bond donors (Lipinski definition) is 1. The molecule has 3 aromatic carbocycles. The molecule has 1 N–H and O–H groups in total. The molecule has 7 heteroatoms. The first-order valence-corrected chi connectivity index (χ1v) is 9.84. The second kappa shape index (κ2) is 9.05. The quantitative estimate of drug-likeness (QED) is 0.586. The molecule has 0 bridgehead atoms. The summed E-state index contributed by atoms with van der Waals surface area (Å²) in [5, 5.41) is 3.16. The third-order valence-corrected chi connectivity index (χ3v) is 4.81. The van der Waals surface area contributed by atoms with Crippen LogP contribution < -0.4 is 19.5 Å². The van der Waals surface area contributed by atoms with Gasteiger partial charge in [-0.3, -0.25) is 4.79 Å². The van der Waals surface area contributed by atoms with E-state index in [1.165, 1.54) is 12.1 Å². The first-order valence-electron chi connectivity index (χ1n) is 9.46. The van der Waals surface area contributed by atoms with Crippen molar-refractivity contribution in [2.75, 3.05) is 18.5 Å². The smallest absolute Gasteiger partial charge is 0.255 e. The average molecular weight is 428 g/mol. The predicted octanol–water partition coefficient (Wildman–Crippen LogP) is 5.47. The molecule has 0 atom stereocenters. The van der Waals surface area contributed by atoms with Crippen LogP contribution in [0.5, 0.6) is 17.2 Å². The van der Waals surface area contributed by atoms with Gasteiger partial charge in [-0.05, 0) is 35.9 Å². The molecule has 5 nitrogen and oxygen atoms in total. The number of benzene rings is 3. The monoisotopic (exact) mass is 427 g/mol. The number of carbonyl (C=O) groups is 1. The molecule has 4 rings (SSSR count). The zero-order valence-corrected chi connectivity index (χ0v) is 16.7. The molecule has 0 saturated carbocycles. The van der Waals surface area contributed by atoms with Gasteiger partial charge in [0.25, 0.3) is 5.91 Å². The first kappa shape index (κ1) is 20.0. The van der Waals surface area contributed by atoms with E-state index in [9.17, 15) is 9.18 Å².